The Hall–Kier alpha value is -3.25. The van der Waals surface area contributed by atoms with Gasteiger partial charge in [0.15, 0.2) is 6.04 Å². The molecule has 1 heterocycles. The second-order valence-corrected chi connectivity index (χ2v) is 8.99. The van der Waals surface area contributed by atoms with E-state index in [0.717, 1.165) is 43.7 Å². The zero-order chi connectivity index (χ0) is 23.9. The number of rotatable bonds is 7. The molecule has 2 amide bonds. The standard InChI is InChI=1S/C27H27ClFN3O2/c28-21-14-15-23(22(29)17-21)31-26(33)25(24-13-7-8-16-30-24)32(18-19-9-3-1-4-10-19)27(34)20-11-5-2-6-12-20/h1,3-4,7-10,13-17,20,25H,2,5-6,11-12,18H2,(H,31,33). The van der Waals surface area contributed by atoms with E-state index < -0.39 is 17.8 Å². The molecule has 176 valence electrons. The lowest BCUT2D eigenvalue weighted by Gasteiger charge is -2.34. The number of nitrogens with zero attached hydrogens (tertiary/aromatic N) is 2. The van der Waals surface area contributed by atoms with Gasteiger partial charge in [0, 0.05) is 23.7 Å². The van der Waals surface area contributed by atoms with E-state index >= 15 is 0 Å². The maximum atomic E-state index is 14.5. The van der Waals surface area contributed by atoms with Crippen molar-refractivity contribution in [3.05, 3.63) is 95.0 Å². The van der Waals surface area contributed by atoms with Crippen LogP contribution in [0, 0.1) is 11.7 Å². The van der Waals surface area contributed by atoms with Gasteiger partial charge in [-0.1, -0.05) is 67.3 Å². The molecule has 1 fully saturated rings. The Morgan fingerprint density at radius 3 is 2.44 bits per heavy atom. The highest BCUT2D eigenvalue weighted by atomic mass is 35.5. The third kappa shape index (κ3) is 5.81. The van der Waals surface area contributed by atoms with Gasteiger partial charge in [-0.2, -0.15) is 0 Å². The Morgan fingerprint density at radius 2 is 1.76 bits per heavy atom. The number of amides is 2. The number of carbonyl (C=O) groups excluding carboxylic acids is 2. The first-order valence-electron chi connectivity index (χ1n) is 11.5. The predicted octanol–water partition coefficient (Wildman–Crippen LogP) is 6.16. The van der Waals surface area contributed by atoms with Crippen molar-refractivity contribution in [1.82, 2.24) is 9.88 Å². The molecule has 7 heteroatoms. The van der Waals surface area contributed by atoms with Gasteiger partial charge >= 0.3 is 0 Å². The molecular formula is C27H27ClFN3O2. The summed E-state index contributed by atoms with van der Waals surface area (Å²) in [7, 11) is 0. The normalized spacial score (nSPS) is 14.9. The summed E-state index contributed by atoms with van der Waals surface area (Å²) in [6.45, 7) is 0.244. The van der Waals surface area contributed by atoms with Crippen LogP contribution in [-0.4, -0.2) is 21.7 Å². The molecule has 2 aromatic carbocycles. The highest BCUT2D eigenvalue weighted by molar-refractivity contribution is 6.30. The fourth-order valence-electron chi connectivity index (χ4n) is 4.43. The van der Waals surface area contributed by atoms with Crippen molar-refractivity contribution in [2.75, 3.05) is 5.32 Å². The fraction of sp³-hybridized carbons (Fsp3) is 0.296. The van der Waals surface area contributed by atoms with E-state index in [1.807, 2.05) is 30.3 Å². The summed E-state index contributed by atoms with van der Waals surface area (Å²) in [5.74, 6) is -1.40. The van der Waals surface area contributed by atoms with Crippen molar-refractivity contribution < 1.29 is 14.0 Å². The zero-order valence-electron chi connectivity index (χ0n) is 18.8. The quantitative estimate of drug-likeness (QED) is 0.441. The van der Waals surface area contributed by atoms with E-state index in [1.165, 1.54) is 12.1 Å². The van der Waals surface area contributed by atoms with Gasteiger partial charge in [-0.25, -0.2) is 4.39 Å². The summed E-state index contributed by atoms with van der Waals surface area (Å²) in [5, 5.41) is 2.89. The van der Waals surface area contributed by atoms with E-state index in [-0.39, 0.29) is 29.1 Å². The third-order valence-corrected chi connectivity index (χ3v) is 6.39. The predicted molar refractivity (Wildman–Crippen MR) is 131 cm³/mol. The highest BCUT2D eigenvalue weighted by Crippen LogP contribution is 2.31. The number of nitrogens with one attached hydrogen (secondary N) is 1. The molecule has 0 radical (unpaired) electrons. The number of anilines is 1. The molecule has 1 aliphatic carbocycles. The summed E-state index contributed by atoms with van der Waals surface area (Å²) in [4.78, 5) is 33.4. The lowest BCUT2D eigenvalue weighted by Crippen LogP contribution is -2.44. The molecule has 34 heavy (non-hydrogen) atoms. The number of pyridine rings is 1. The molecule has 0 saturated heterocycles. The number of hydrogen-bond acceptors (Lipinski definition) is 3. The van der Waals surface area contributed by atoms with E-state index in [1.54, 1.807) is 29.3 Å². The van der Waals surface area contributed by atoms with Crippen molar-refractivity contribution in [3.63, 3.8) is 0 Å². The zero-order valence-corrected chi connectivity index (χ0v) is 19.5. The van der Waals surface area contributed by atoms with Gasteiger partial charge in [-0.15, -0.1) is 0 Å². The van der Waals surface area contributed by atoms with Gasteiger partial charge < -0.3 is 10.2 Å². The van der Waals surface area contributed by atoms with Crippen LogP contribution >= 0.6 is 11.6 Å². The van der Waals surface area contributed by atoms with E-state index in [9.17, 15) is 14.0 Å². The molecule has 1 unspecified atom stereocenters. The van der Waals surface area contributed by atoms with Crippen LogP contribution in [0.1, 0.15) is 49.4 Å². The van der Waals surface area contributed by atoms with Crippen LogP contribution < -0.4 is 5.32 Å². The van der Waals surface area contributed by atoms with Gasteiger partial charge in [-0.05, 0) is 48.7 Å². The van der Waals surface area contributed by atoms with Crippen molar-refractivity contribution in [3.8, 4) is 0 Å². The van der Waals surface area contributed by atoms with Crippen LogP contribution in [0.25, 0.3) is 0 Å². The van der Waals surface area contributed by atoms with E-state index in [4.69, 9.17) is 11.6 Å². The number of aromatic nitrogens is 1. The summed E-state index contributed by atoms with van der Waals surface area (Å²) in [5.41, 5.74) is 1.33. The molecule has 0 bridgehead atoms. The molecule has 1 atom stereocenters. The second kappa shape index (κ2) is 11.3. The van der Waals surface area contributed by atoms with Gasteiger partial charge in [-0.3, -0.25) is 14.6 Å². The molecule has 5 nitrogen and oxygen atoms in total. The van der Waals surface area contributed by atoms with Crippen LogP contribution in [0.15, 0.2) is 72.9 Å². The largest absolute Gasteiger partial charge is 0.321 e. The van der Waals surface area contributed by atoms with Crippen LogP contribution in [0.4, 0.5) is 10.1 Å². The van der Waals surface area contributed by atoms with Crippen molar-refractivity contribution >= 4 is 29.1 Å². The van der Waals surface area contributed by atoms with Crippen LogP contribution in [0.3, 0.4) is 0 Å². The smallest absolute Gasteiger partial charge is 0.253 e. The molecular weight excluding hydrogens is 453 g/mol. The van der Waals surface area contributed by atoms with Crippen LogP contribution in [0.5, 0.6) is 0 Å². The van der Waals surface area contributed by atoms with Gasteiger partial charge in [0.25, 0.3) is 5.91 Å². The molecule has 1 aromatic heterocycles. The third-order valence-electron chi connectivity index (χ3n) is 6.15. The topological polar surface area (TPSA) is 62.3 Å². The Kier molecular flexibility index (Phi) is 7.91. The van der Waals surface area contributed by atoms with Crippen molar-refractivity contribution in [2.45, 2.75) is 44.7 Å². The van der Waals surface area contributed by atoms with Gasteiger partial charge in [0.05, 0.1) is 11.4 Å². The molecule has 0 aliphatic heterocycles. The fourth-order valence-corrected chi connectivity index (χ4v) is 4.58. The first-order valence-corrected chi connectivity index (χ1v) is 11.9. The molecule has 3 aromatic rings. The average molecular weight is 480 g/mol. The molecule has 0 spiro atoms. The number of hydrogen-bond donors (Lipinski definition) is 1. The van der Waals surface area contributed by atoms with Crippen molar-refractivity contribution in [1.29, 1.82) is 0 Å². The van der Waals surface area contributed by atoms with E-state index in [2.05, 4.69) is 10.3 Å². The van der Waals surface area contributed by atoms with Crippen LogP contribution in [0.2, 0.25) is 5.02 Å². The summed E-state index contributed by atoms with van der Waals surface area (Å²) in [6, 6.07) is 17.8. The number of carbonyl (C=O) groups is 2. The number of benzene rings is 2. The molecule has 1 N–H and O–H groups in total. The first-order chi connectivity index (χ1) is 16.5. The Labute approximate surface area is 204 Å². The first kappa shape index (κ1) is 23.9. The lowest BCUT2D eigenvalue weighted by atomic mass is 9.87. The minimum atomic E-state index is -1.02. The molecule has 4 rings (SSSR count). The Bertz CT molecular complexity index is 1120. The molecule has 1 aliphatic rings. The Morgan fingerprint density at radius 1 is 1.03 bits per heavy atom. The van der Waals surface area contributed by atoms with Crippen LogP contribution in [-0.2, 0) is 16.1 Å². The van der Waals surface area contributed by atoms with E-state index in [0.29, 0.717) is 5.69 Å². The lowest BCUT2D eigenvalue weighted by molar-refractivity contribution is -0.144. The second-order valence-electron chi connectivity index (χ2n) is 8.56. The maximum absolute atomic E-state index is 14.5. The van der Waals surface area contributed by atoms with Gasteiger partial charge in [0.2, 0.25) is 5.91 Å². The summed E-state index contributed by atoms with van der Waals surface area (Å²) in [6.07, 6.45) is 6.28. The number of halogens is 2. The summed E-state index contributed by atoms with van der Waals surface area (Å²) >= 11 is 5.86. The highest BCUT2D eigenvalue weighted by Gasteiger charge is 2.36. The monoisotopic (exact) mass is 479 g/mol. The molecule has 1 saturated carbocycles. The maximum Gasteiger partial charge on any atom is 0.253 e. The SMILES string of the molecule is O=C(Nc1ccc(Cl)cc1F)C(c1ccccn1)N(Cc1ccccc1)C(=O)C1CCCCC1. The Balaban J connectivity index is 1.72. The van der Waals surface area contributed by atoms with Gasteiger partial charge in [0.1, 0.15) is 5.82 Å². The van der Waals surface area contributed by atoms with Crippen molar-refractivity contribution in [2.24, 2.45) is 5.92 Å². The minimum absolute atomic E-state index is 0.0000996. The summed E-state index contributed by atoms with van der Waals surface area (Å²) < 4.78 is 14.5. The minimum Gasteiger partial charge on any atom is -0.321 e. The average Bonchev–Trinajstić information content (AvgIpc) is 2.87.